The molecule has 10 heteroatoms. The van der Waals surface area contributed by atoms with Crippen LogP contribution in [0.2, 0.25) is 0 Å². The zero-order valence-electron chi connectivity index (χ0n) is 12.6. The molecule has 2 heterocycles. The van der Waals surface area contributed by atoms with Crippen molar-refractivity contribution in [2.24, 2.45) is 5.41 Å². The Hall–Kier alpha value is -2.10. The van der Waals surface area contributed by atoms with E-state index in [9.17, 15) is 27.6 Å². The van der Waals surface area contributed by atoms with E-state index in [0.29, 0.717) is 4.88 Å². The van der Waals surface area contributed by atoms with Crippen molar-refractivity contribution < 1.29 is 32.7 Å². The molecule has 2 amide bonds. The quantitative estimate of drug-likeness (QED) is 0.852. The largest absolute Gasteiger partial charge is 0.481 e. The number of carbonyl (C=O) groups is 3. The first-order valence-electron chi connectivity index (χ1n) is 7.02. The third-order valence-corrected chi connectivity index (χ3v) is 4.86. The van der Waals surface area contributed by atoms with E-state index in [4.69, 9.17) is 5.11 Å². The molecule has 0 radical (unpaired) electrons. The van der Waals surface area contributed by atoms with Crippen molar-refractivity contribution in [2.45, 2.75) is 25.6 Å². The number of carboxylic acids is 1. The van der Waals surface area contributed by atoms with Crippen LogP contribution in [-0.2, 0) is 9.59 Å². The van der Waals surface area contributed by atoms with Crippen LogP contribution in [0, 0.1) is 5.41 Å². The van der Waals surface area contributed by atoms with E-state index in [-0.39, 0.29) is 6.54 Å². The van der Waals surface area contributed by atoms with Gasteiger partial charge in [-0.1, -0.05) is 6.07 Å². The van der Waals surface area contributed by atoms with Gasteiger partial charge in [0.1, 0.15) is 6.04 Å². The molecule has 1 aliphatic heterocycles. The monoisotopic (exact) mass is 364 g/mol. The molecule has 6 nitrogen and oxygen atoms in total. The number of alkyl halides is 3. The molecule has 0 aromatic carbocycles. The van der Waals surface area contributed by atoms with Gasteiger partial charge in [-0.15, -0.1) is 11.3 Å². The number of hydrogen-bond acceptors (Lipinski definition) is 4. The minimum absolute atomic E-state index is 0.330. The molecule has 0 spiro atoms. The Morgan fingerprint density at radius 2 is 2.08 bits per heavy atom. The smallest absolute Gasteiger partial charge is 0.406 e. The SMILES string of the molecule is CC(NC(=O)c1cccs1)C(=O)N1CCC(C(=O)O)(C(F)(F)F)C1. The Morgan fingerprint density at radius 3 is 2.54 bits per heavy atom. The number of halogens is 3. The first-order valence-corrected chi connectivity index (χ1v) is 7.90. The number of carboxylic acid groups (broad SMARTS) is 1. The van der Waals surface area contributed by atoms with Crippen LogP contribution in [0.15, 0.2) is 17.5 Å². The molecule has 0 aliphatic carbocycles. The molecular formula is C14H15F3N2O4S. The summed E-state index contributed by atoms with van der Waals surface area (Å²) in [4.78, 5) is 36.4. The lowest BCUT2D eigenvalue weighted by Gasteiger charge is -2.28. The molecule has 132 valence electrons. The van der Waals surface area contributed by atoms with Crippen molar-refractivity contribution in [3.8, 4) is 0 Å². The highest BCUT2D eigenvalue weighted by molar-refractivity contribution is 7.12. The van der Waals surface area contributed by atoms with Gasteiger partial charge < -0.3 is 15.3 Å². The van der Waals surface area contributed by atoms with Crippen LogP contribution in [0.25, 0.3) is 0 Å². The fourth-order valence-electron chi connectivity index (χ4n) is 2.54. The van der Waals surface area contributed by atoms with Crippen LogP contribution in [0.1, 0.15) is 23.0 Å². The number of nitrogens with one attached hydrogen (secondary N) is 1. The van der Waals surface area contributed by atoms with Crippen LogP contribution in [0.5, 0.6) is 0 Å². The Bertz CT molecular complexity index is 647. The molecule has 1 aromatic heterocycles. The fraction of sp³-hybridized carbons (Fsp3) is 0.500. The second-order valence-corrected chi connectivity index (χ2v) is 6.51. The standard InChI is InChI=1S/C14H15F3N2O4S/c1-8(18-10(20)9-3-2-6-24-9)11(21)19-5-4-13(7-19,12(22)23)14(15,16)17/h2-3,6,8H,4-5,7H2,1H3,(H,18,20)(H,22,23). The number of nitrogens with zero attached hydrogens (tertiary/aromatic N) is 1. The van der Waals surface area contributed by atoms with Gasteiger partial charge in [-0.2, -0.15) is 13.2 Å². The Balaban J connectivity index is 2.06. The van der Waals surface area contributed by atoms with Crippen LogP contribution in [0.3, 0.4) is 0 Å². The van der Waals surface area contributed by atoms with E-state index in [1.165, 1.54) is 6.92 Å². The number of rotatable bonds is 4. The molecule has 1 fully saturated rings. The van der Waals surface area contributed by atoms with Gasteiger partial charge in [-0.25, -0.2) is 0 Å². The summed E-state index contributed by atoms with van der Waals surface area (Å²) in [7, 11) is 0. The Labute approximate surface area is 139 Å². The highest BCUT2D eigenvalue weighted by Crippen LogP contribution is 2.45. The van der Waals surface area contributed by atoms with Crippen LogP contribution in [0.4, 0.5) is 13.2 Å². The average Bonchev–Trinajstić information content (AvgIpc) is 3.15. The van der Waals surface area contributed by atoms with Gasteiger partial charge in [0.2, 0.25) is 5.91 Å². The van der Waals surface area contributed by atoms with Crippen molar-refractivity contribution in [3.63, 3.8) is 0 Å². The number of amides is 2. The van der Waals surface area contributed by atoms with E-state index < -0.39 is 48.4 Å². The topological polar surface area (TPSA) is 86.7 Å². The minimum atomic E-state index is -4.96. The third kappa shape index (κ3) is 3.23. The summed E-state index contributed by atoms with van der Waals surface area (Å²) in [6.07, 6.45) is -5.67. The van der Waals surface area contributed by atoms with Crippen molar-refractivity contribution in [1.82, 2.24) is 10.2 Å². The van der Waals surface area contributed by atoms with E-state index in [1.807, 2.05) is 0 Å². The maximum atomic E-state index is 13.1. The summed E-state index contributed by atoms with van der Waals surface area (Å²) >= 11 is 1.16. The number of thiophene rings is 1. The van der Waals surface area contributed by atoms with E-state index >= 15 is 0 Å². The summed E-state index contributed by atoms with van der Waals surface area (Å²) in [5, 5.41) is 13.1. The second kappa shape index (κ2) is 6.42. The summed E-state index contributed by atoms with van der Waals surface area (Å²) in [6.45, 7) is 0.0654. The molecule has 0 bridgehead atoms. The first kappa shape index (κ1) is 18.2. The summed E-state index contributed by atoms with van der Waals surface area (Å²) < 4.78 is 39.3. The molecule has 1 aromatic rings. The molecule has 2 N–H and O–H groups in total. The van der Waals surface area contributed by atoms with Gasteiger partial charge >= 0.3 is 12.1 Å². The fourth-order valence-corrected chi connectivity index (χ4v) is 3.16. The Morgan fingerprint density at radius 1 is 1.42 bits per heavy atom. The van der Waals surface area contributed by atoms with E-state index in [1.54, 1.807) is 17.5 Å². The maximum absolute atomic E-state index is 13.1. The van der Waals surface area contributed by atoms with Gasteiger partial charge in [0, 0.05) is 13.1 Å². The highest BCUT2D eigenvalue weighted by Gasteiger charge is 2.64. The van der Waals surface area contributed by atoms with Crippen molar-refractivity contribution in [1.29, 1.82) is 0 Å². The van der Waals surface area contributed by atoms with Crippen LogP contribution in [-0.4, -0.2) is 53.1 Å². The zero-order chi connectivity index (χ0) is 18.1. The number of aliphatic carboxylic acids is 1. The van der Waals surface area contributed by atoms with E-state index in [0.717, 1.165) is 16.2 Å². The molecule has 1 aliphatic rings. The number of likely N-dealkylation sites (tertiary alicyclic amines) is 1. The molecule has 2 rings (SSSR count). The first-order chi connectivity index (χ1) is 11.1. The summed E-state index contributed by atoms with van der Waals surface area (Å²) in [5.74, 6) is -3.25. The van der Waals surface area contributed by atoms with Crippen LogP contribution < -0.4 is 5.32 Å². The zero-order valence-corrected chi connectivity index (χ0v) is 13.4. The molecule has 1 saturated heterocycles. The average molecular weight is 364 g/mol. The van der Waals surface area contributed by atoms with Crippen molar-refractivity contribution in [3.05, 3.63) is 22.4 Å². The van der Waals surface area contributed by atoms with Gasteiger partial charge in [0.15, 0.2) is 5.41 Å². The molecule has 2 unspecified atom stereocenters. The van der Waals surface area contributed by atoms with Crippen LogP contribution >= 0.6 is 11.3 Å². The van der Waals surface area contributed by atoms with Crippen molar-refractivity contribution >= 4 is 29.1 Å². The Kier molecular flexibility index (Phi) is 4.88. The van der Waals surface area contributed by atoms with Gasteiger partial charge in [-0.3, -0.25) is 14.4 Å². The number of carbonyl (C=O) groups excluding carboxylic acids is 2. The normalized spacial score (nSPS) is 22.2. The summed E-state index contributed by atoms with van der Waals surface area (Å²) in [5.41, 5.74) is -2.96. The molecule has 2 atom stereocenters. The molecule has 0 saturated carbocycles. The predicted molar refractivity (Wildman–Crippen MR) is 78.6 cm³/mol. The minimum Gasteiger partial charge on any atom is -0.481 e. The van der Waals surface area contributed by atoms with Gasteiger partial charge in [-0.05, 0) is 24.8 Å². The van der Waals surface area contributed by atoms with Gasteiger partial charge in [0.05, 0.1) is 4.88 Å². The maximum Gasteiger partial charge on any atom is 0.406 e. The van der Waals surface area contributed by atoms with Gasteiger partial charge in [0.25, 0.3) is 5.91 Å². The van der Waals surface area contributed by atoms with E-state index in [2.05, 4.69) is 5.32 Å². The predicted octanol–water partition coefficient (Wildman–Crippen LogP) is 1.73. The third-order valence-electron chi connectivity index (χ3n) is 4.00. The lowest BCUT2D eigenvalue weighted by molar-refractivity contribution is -0.227. The molecule has 24 heavy (non-hydrogen) atoms. The summed E-state index contributed by atoms with van der Waals surface area (Å²) in [6, 6.07) is 2.14. The van der Waals surface area contributed by atoms with Crippen molar-refractivity contribution in [2.75, 3.05) is 13.1 Å². The lowest BCUT2D eigenvalue weighted by Crippen LogP contribution is -2.50. The highest BCUT2D eigenvalue weighted by atomic mass is 32.1. The number of hydrogen-bond donors (Lipinski definition) is 2. The molecular weight excluding hydrogens is 349 g/mol. The second-order valence-electron chi connectivity index (χ2n) is 5.57. The lowest BCUT2D eigenvalue weighted by atomic mass is 9.86.